The first kappa shape index (κ1) is 12.6. The van der Waals surface area contributed by atoms with E-state index in [1.807, 2.05) is 11.3 Å². The Hall–Kier alpha value is -0.830. The van der Waals surface area contributed by atoms with Crippen molar-refractivity contribution in [2.24, 2.45) is 5.92 Å². The summed E-state index contributed by atoms with van der Waals surface area (Å²) in [6, 6.07) is 2.27. The molecule has 2 rings (SSSR count). The summed E-state index contributed by atoms with van der Waals surface area (Å²) in [5, 5.41) is 3.22. The van der Waals surface area contributed by atoms with Gasteiger partial charge in [0.05, 0.1) is 0 Å². The number of hydrogen-bond acceptors (Lipinski definition) is 2. The Bertz CT molecular complexity index is 435. The minimum Gasteiger partial charge on any atom is -0.350 e. The van der Waals surface area contributed by atoms with Crippen molar-refractivity contribution in [3.63, 3.8) is 0 Å². The number of hydrogen-bond donors (Lipinski definition) is 1. The number of nitrogens with one attached hydrogen (secondary N) is 1. The third-order valence-corrected chi connectivity index (χ3v) is 4.95. The minimum atomic E-state index is -0.0185. The van der Waals surface area contributed by atoms with Gasteiger partial charge in [0.25, 0.3) is 0 Å². The number of carbonyl (C=O) groups is 1. The molecule has 1 amide bonds. The molecular formula is C14H21NOS. The highest BCUT2D eigenvalue weighted by atomic mass is 32.1. The van der Waals surface area contributed by atoms with Crippen LogP contribution in [0.1, 0.15) is 42.0 Å². The van der Waals surface area contributed by atoms with E-state index in [1.54, 1.807) is 0 Å². The van der Waals surface area contributed by atoms with Gasteiger partial charge in [-0.1, -0.05) is 13.8 Å². The predicted molar refractivity (Wildman–Crippen MR) is 72.4 cm³/mol. The average Bonchev–Trinajstić information content (AvgIpc) is 2.73. The summed E-state index contributed by atoms with van der Waals surface area (Å²) in [7, 11) is 0. The van der Waals surface area contributed by atoms with E-state index >= 15 is 0 Å². The Morgan fingerprint density at radius 2 is 2.18 bits per heavy atom. The van der Waals surface area contributed by atoms with Crippen molar-refractivity contribution in [2.75, 3.05) is 0 Å². The SMILES string of the molecule is Cc1cc(CC2(C(C)C)CCC(=O)N2)c(C)s1. The van der Waals surface area contributed by atoms with Crippen LogP contribution in [0.2, 0.25) is 0 Å². The number of rotatable bonds is 3. The first-order chi connectivity index (χ1) is 7.93. The van der Waals surface area contributed by atoms with Gasteiger partial charge in [-0.25, -0.2) is 0 Å². The molecule has 1 aromatic rings. The molecule has 1 unspecified atom stereocenters. The second-order valence-electron chi connectivity index (χ2n) is 5.47. The van der Waals surface area contributed by atoms with Crippen LogP contribution in [0.5, 0.6) is 0 Å². The van der Waals surface area contributed by atoms with E-state index < -0.39 is 0 Å². The molecule has 0 aromatic carbocycles. The summed E-state index contributed by atoms with van der Waals surface area (Å²) >= 11 is 1.85. The Morgan fingerprint density at radius 3 is 2.59 bits per heavy atom. The largest absolute Gasteiger partial charge is 0.350 e. The van der Waals surface area contributed by atoms with Gasteiger partial charge in [-0.15, -0.1) is 11.3 Å². The van der Waals surface area contributed by atoms with Gasteiger partial charge in [0.2, 0.25) is 5.91 Å². The molecule has 0 spiro atoms. The third-order valence-electron chi connectivity index (χ3n) is 3.94. The number of aryl methyl sites for hydroxylation is 2. The normalized spacial score (nSPS) is 24.4. The lowest BCUT2D eigenvalue weighted by Crippen LogP contribution is -2.48. The molecule has 0 bridgehead atoms. The molecule has 0 saturated carbocycles. The highest BCUT2D eigenvalue weighted by molar-refractivity contribution is 7.12. The molecule has 2 nitrogen and oxygen atoms in total. The van der Waals surface area contributed by atoms with E-state index in [9.17, 15) is 4.79 Å². The highest BCUT2D eigenvalue weighted by Gasteiger charge is 2.40. The van der Waals surface area contributed by atoms with E-state index in [1.165, 1.54) is 15.3 Å². The zero-order valence-electron chi connectivity index (χ0n) is 11.1. The van der Waals surface area contributed by atoms with Crippen molar-refractivity contribution in [3.05, 3.63) is 21.4 Å². The zero-order chi connectivity index (χ0) is 12.6. The number of carbonyl (C=O) groups excluding carboxylic acids is 1. The standard InChI is InChI=1S/C14H21NOS/c1-9(2)14(6-5-13(16)15-14)8-12-7-10(3)17-11(12)4/h7,9H,5-6,8H2,1-4H3,(H,15,16). The van der Waals surface area contributed by atoms with Crippen molar-refractivity contribution < 1.29 is 4.79 Å². The Morgan fingerprint density at radius 1 is 1.47 bits per heavy atom. The molecule has 1 saturated heterocycles. The maximum Gasteiger partial charge on any atom is 0.220 e. The molecule has 1 fully saturated rings. The van der Waals surface area contributed by atoms with Crippen molar-refractivity contribution >= 4 is 17.2 Å². The van der Waals surface area contributed by atoms with Crippen LogP contribution in [-0.2, 0) is 11.2 Å². The van der Waals surface area contributed by atoms with Crippen LogP contribution in [0.15, 0.2) is 6.07 Å². The molecule has 1 aromatic heterocycles. The van der Waals surface area contributed by atoms with Crippen molar-refractivity contribution in [3.8, 4) is 0 Å². The summed E-state index contributed by atoms with van der Waals surface area (Å²) in [6.45, 7) is 8.74. The van der Waals surface area contributed by atoms with Gasteiger partial charge >= 0.3 is 0 Å². The van der Waals surface area contributed by atoms with E-state index in [-0.39, 0.29) is 11.4 Å². The van der Waals surface area contributed by atoms with Crippen LogP contribution >= 0.6 is 11.3 Å². The fourth-order valence-electron chi connectivity index (χ4n) is 2.71. The molecule has 2 heterocycles. The van der Waals surface area contributed by atoms with Crippen LogP contribution in [-0.4, -0.2) is 11.4 Å². The maximum absolute atomic E-state index is 11.5. The smallest absolute Gasteiger partial charge is 0.220 e. The van der Waals surface area contributed by atoms with Crippen LogP contribution in [0.3, 0.4) is 0 Å². The summed E-state index contributed by atoms with van der Waals surface area (Å²) in [5.41, 5.74) is 1.39. The van der Waals surface area contributed by atoms with Crippen LogP contribution < -0.4 is 5.32 Å². The lowest BCUT2D eigenvalue weighted by molar-refractivity contribution is -0.120. The lowest BCUT2D eigenvalue weighted by atomic mass is 9.80. The first-order valence-corrected chi connectivity index (χ1v) is 7.11. The van der Waals surface area contributed by atoms with E-state index in [0.29, 0.717) is 12.3 Å². The van der Waals surface area contributed by atoms with E-state index in [2.05, 4.69) is 39.1 Å². The van der Waals surface area contributed by atoms with Crippen LogP contribution in [0.25, 0.3) is 0 Å². The van der Waals surface area contributed by atoms with Gasteiger partial charge in [-0.05, 0) is 44.2 Å². The quantitative estimate of drug-likeness (QED) is 0.878. The zero-order valence-corrected chi connectivity index (χ0v) is 11.9. The molecule has 1 aliphatic rings. The molecule has 1 atom stereocenters. The highest BCUT2D eigenvalue weighted by Crippen LogP contribution is 2.34. The molecule has 1 N–H and O–H groups in total. The second kappa shape index (κ2) is 4.45. The number of thiophene rings is 1. The monoisotopic (exact) mass is 251 g/mol. The average molecular weight is 251 g/mol. The molecule has 0 aliphatic carbocycles. The summed E-state index contributed by atoms with van der Waals surface area (Å²) in [4.78, 5) is 14.3. The lowest BCUT2D eigenvalue weighted by Gasteiger charge is -2.33. The Labute approximate surface area is 107 Å². The molecule has 1 aliphatic heterocycles. The molecule has 0 radical (unpaired) electrons. The minimum absolute atomic E-state index is 0.0185. The molecule has 17 heavy (non-hydrogen) atoms. The first-order valence-electron chi connectivity index (χ1n) is 6.30. The molecule has 94 valence electrons. The van der Waals surface area contributed by atoms with Gasteiger partial charge in [-0.3, -0.25) is 4.79 Å². The predicted octanol–water partition coefficient (Wildman–Crippen LogP) is 3.21. The van der Waals surface area contributed by atoms with Crippen LogP contribution in [0.4, 0.5) is 0 Å². The summed E-state index contributed by atoms with van der Waals surface area (Å²) in [5.74, 6) is 0.692. The van der Waals surface area contributed by atoms with Gasteiger partial charge in [0.1, 0.15) is 0 Å². The van der Waals surface area contributed by atoms with Crippen molar-refractivity contribution in [1.29, 1.82) is 0 Å². The van der Waals surface area contributed by atoms with Crippen molar-refractivity contribution in [1.82, 2.24) is 5.32 Å². The number of amides is 1. The Balaban J connectivity index is 2.25. The van der Waals surface area contributed by atoms with Gasteiger partial charge in [0.15, 0.2) is 0 Å². The fourth-order valence-corrected chi connectivity index (χ4v) is 3.65. The maximum atomic E-state index is 11.5. The summed E-state index contributed by atoms with van der Waals surface area (Å²) < 4.78 is 0. The second-order valence-corrected chi connectivity index (χ2v) is 6.93. The van der Waals surface area contributed by atoms with E-state index in [0.717, 1.165) is 12.8 Å². The van der Waals surface area contributed by atoms with Crippen LogP contribution in [0, 0.1) is 19.8 Å². The third kappa shape index (κ3) is 2.39. The Kier molecular flexibility index (Phi) is 3.30. The molecule has 3 heteroatoms. The van der Waals surface area contributed by atoms with Gasteiger partial charge in [0, 0.05) is 21.7 Å². The van der Waals surface area contributed by atoms with Crippen molar-refractivity contribution in [2.45, 2.75) is 52.5 Å². The fraction of sp³-hybridized carbons (Fsp3) is 0.643. The van der Waals surface area contributed by atoms with E-state index in [4.69, 9.17) is 0 Å². The van der Waals surface area contributed by atoms with Gasteiger partial charge in [-0.2, -0.15) is 0 Å². The summed E-state index contributed by atoms with van der Waals surface area (Å²) in [6.07, 6.45) is 2.63. The van der Waals surface area contributed by atoms with Gasteiger partial charge < -0.3 is 5.32 Å². The molecular weight excluding hydrogens is 230 g/mol. The topological polar surface area (TPSA) is 29.1 Å².